The third kappa shape index (κ3) is 0.500. The Labute approximate surface area is 56.6 Å². The molecule has 3 aliphatic carbocycles. The average molecular weight is 122 g/mol. The van der Waals surface area contributed by atoms with Crippen molar-refractivity contribution in [3.8, 4) is 0 Å². The van der Waals surface area contributed by atoms with Gasteiger partial charge in [0.25, 0.3) is 0 Å². The zero-order valence-corrected chi connectivity index (χ0v) is 6.01. The van der Waals surface area contributed by atoms with E-state index >= 15 is 0 Å². The summed E-state index contributed by atoms with van der Waals surface area (Å²) in [4.78, 5) is 0. The summed E-state index contributed by atoms with van der Waals surface area (Å²) >= 11 is 0. The summed E-state index contributed by atoms with van der Waals surface area (Å²) in [6, 6.07) is 0. The van der Waals surface area contributed by atoms with Crippen LogP contribution in [-0.2, 0) is 0 Å². The minimum Gasteiger partial charge on any atom is -0.0622 e. The Morgan fingerprint density at radius 1 is 0.889 bits per heavy atom. The van der Waals surface area contributed by atoms with Gasteiger partial charge in [-0.3, -0.25) is 0 Å². The first-order valence-electron chi connectivity index (χ1n) is 4.36. The van der Waals surface area contributed by atoms with Gasteiger partial charge in [-0.25, -0.2) is 0 Å². The molecule has 0 aliphatic heterocycles. The number of hydrogen-bond donors (Lipinski definition) is 0. The molecule has 0 nitrogen and oxygen atoms in total. The van der Waals surface area contributed by atoms with Crippen molar-refractivity contribution >= 4 is 0 Å². The molecule has 0 heteroatoms. The highest BCUT2D eigenvalue weighted by Crippen LogP contribution is 2.67. The van der Waals surface area contributed by atoms with Gasteiger partial charge in [0.2, 0.25) is 0 Å². The minimum absolute atomic E-state index is 1.10. The predicted molar refractivity (Wildman–Crippen MR) is 37.0 cm³/mol. The molecule has 0 bridgehead atoms. The van der Waals surface area contributed by atoms with Crippen molar-refractivity contribution in [3.63, 3.8) is 0 Å². The van der Waals surface area contributed by atoms with Crippen LogP contribution in [-0.4, -0.2) is 0 Å². The molecule has 0 aromatic heterocycles. The van der Waals surface area contributed by atoms with E-state index < -0.39 is 0 Å². The van der Waals surface area contributed by atoms with Gasteiger partial charge >= 0.3 is 0 Å². The lowest BCUT2D eigenvalue weighted by Crippen LogP contribution is -2.07. The quantitative estimate of drug-likeness (QED) is 0.462. The van der Waals surface area contributed by atoms with Gasteiger partial charge in [0.1, 0.15) is 0 Å². The maximum absolute atomic E-state index is 2.46. The van der Waals surface area contributed by atoms with E-state index in [1.54, 1.807) is 19.3 Å². The molecule has 0 aromatic carbocycles. The van der Waals surface area contributed by atoms with Gasteiger partial charge in [-0.2, -0.15) is 0 Å². The Morgan fingerprint density at radius 3 is 2.67 bits per heavy atom. The molecular weight excluding hydrogens is 108 g/mol. The third-order valence-corrected chi connectivity index (χ3v) is 3.82. The van der Waals surface area contributed by atoms with Gasteiger partial charge in [0, 0.05) is 0 Å². The molecule has 3 aliphatic rings. The van der Waals surface area contributed by atoms with Crippen molar-refractivity contribution in [2.75, 3.05) is 0 Å². The molecule has 0 aromatic rings. The van der Waals surface area contributed by atoms with E-state index in [4.69, 9.17) is 0 Å². The van der Waals surface area contributed by atoms with Gasteiger partial charge in [0.15, 0.2) is 0 Å². The molecule has 3 fully saturated rings. The van der Waals surface area contributed by atoms with Crippen LogP contribution >= 0.6 is 0 Å². The fourth-order valence-electron chi connectivity index (χ4n) is 3.10. The number of rotatable bonds is 0. The molecule has 9 heavy (non-hydrogen) atoms. The van der Waals surface area contributed by atoms with Crippen molar-refractivity contribution in [3.05, 3.63) is 0 Å². The maximum Gasteiger partial charge on any atom is -0.0349 e. The molecule has 0 N–H and O–H groups in total. The zero-order chi connectivity index (χ0) is 6.01. The highest BCUT2D eigenvalue weighted by molar-refractivity contribution is 5.08. The third-order valence-electron chi connectivity index (χ3n) is 3.82. The minimum atomic E-state index is 1.10. The Hall–Kier alpha value is 0. The highest BCUT2D eigenvalue weighted by atomic mass is 14.6. The lowest BCUT2D eigenvalue weighted by molar-refractivity contribution is 0.346. The van der Waals surface area contributed by atoms with E-state index in [-0.39, 0.29) is 0 Å². The summed E-state index contributed by atoms with van der Waals surface area (Å²) in [5.74, 6) is 5.93. The second-order valence-electron chi connectivity index (χ2n) is 4.44. The van der Waals surface area contributed by atoms with Crippen LogP contribution in [0.4, 0.5) is 0 Å². The van der Waals surface area contributed by atoms with E-state index in [0.717, 1.165) is 5.92 Å². The summed E-state index contributed by atoms with van der Waals surface area (Å²) in [7, 11) is 0. The Kier molecular flexibility index (Phi) is 0.640. The van der Waals surface area contributed by atoms with Gasteiger partial charge in [-0.1, -0.05) is 6.92 Å². The molecule has 0 saturated heterocycles. The topological polar surface area (TPSA) is 0 Å². The second kappa shape index (κ2) is 1.21. The number of fused-ring (bicyclic) bond motifs is 3. The average Bonchev–Trinajstić information content (AvgIpc) is 2.54. The smallest absolute Gasteiger partial charge is 0.0349 e. The molecule has 0 heterocycles. The van der Waals surface area contributed by atoms with Crippen LogP contribution in [0.1, 0.15) is 26.2 Å². The largest absolute Gasteiger partial charge is 0.0622 e. The highest BCUT2D eigenvalue weighted by Gasteiger charge is 2.59. The van der Waals surface area contributed by atoms with E-state index in [0.29, 0.717) is 0 Å². The van der Waals surface area contributed by atoms with Gasteiger partial charge in [-0.05, 0) is 48.9 Å². The van der Waals surface area contributed by atoms with E-state index in [1.165, 1.54) is 23.7 Å². The van der Waals surface area contributed by atoms with Crippen molar-refractivity contribution < 1.29 is 0 Å². The van der Waals surface area contributed by atoms with Gasteiger partial charge in [0.05, 0.1) is 0 Å². The second-order valence-corrected chi connectivity index (χ2v) is 4.44. The lowest BCUT2D eigenvalue weighted by atomic mass is 9.91. The molecule has 0 spiro atoms. The summed E-state index contributed by atoms with van der Waals surface area (Å²) in [5, 5.41) is 0. The fraction of sp³-hybridized carbons (Fsp3) is 1.00. The molecule has 3 saturated carbocycles. The zero-order valence-electron chi connectivity index (χ0n) is 6.01. The van der Waals surface area contributed by atoms with Crippen molar-refractivity contribution in [1.82, 2.24) is 0 Å². The molecule has 5 atom stereocenters. The van der Waals surface area contributed by atoms with Crippen LogP contribution in [0.25, 0.3) is 0 Å². The van der Waals surface area contributed by atoms with Gasteiger partial charge < -0.3 is 0 Å². The summed E-state index contributed by atoms with van der Waals surface area (Å²) < 4.78 is 0. The summed E-state index contributed by atoms with van der Waals surface area (Å²) in [6.45, 7) is 2.46. The molecule has 0 amide bonds. The van der Waals surface area contributed by atoms with E-state index in [1.807, 2.05) is 0 Å². The first-order valence-corrected chi connectivity index (χ1v) is 4.36. The lowest BCUT2D eigenvalue weighted by Gasteiger charge is -2.14. The molecule has 4 unspecified atom stereocenters. The van der Waals surface area contributed by atoms with Crippen LogP contribution in [0.3, 0.4) is 0 Å². The van der Waals surface area contributed by atoms with Crippen LogP contribution in [0.15, 0.2) is 0 Å². The van der Waals surface area contributed by atoms with Crippen LogP contribution in [0.2, 0.25) is 0 Å². The first-order chi connectivity index (χ1) is 4.36. The monoisotopic (exact) mass is 122 g/mol. The summed E-state index contributed by atoms with van der Waals surface area (Å²) in [6.07, 6.45) is 4.78. The normalized spacial score (nSPS) is 68.3. The fourth-order valence-corrected chi connectivity index (χ4v) is 3.10. The number of hydrogen-bond acceptors (Lipinski definition) is 0. The van der Waals surface area contributed by atoms with E-state index in [2.05, 4.69) is 6.92 Å². The molecule has 50 valence electrons. The van der Waals surface area contributed by atoms with Crippen molar-refractivity contribution in [2.45, 2.75) is 26.2 Å². The summed E-state index contributed by atoms with van der Waals surface area (Å²) in [5.41, 5.74) is 0. The molecule has 3 rings (SSSR count). The Morgan fingerprint density at radius 2 is 1.78 bits per heavy atom. The van der Waals surface area contributed by atoms with E-state index in [9.17, 15) is 0 Å². The molecular formula is C9H14. The SMILES string of the molecule is CC1C[C@H]2CC2C2CC12. The van der Waals surface area contributed by atoms with Crippen LogP contribution < -0.4 is 0 Å². The van der Waals surface area contributed by atoms with Crippen molar-refractivity contribution in [1.29, 1.82) is 0 Å². The van der Waals surface area contributed by atoms with Gasteiger partial charge in [-0.15, -0.1) is 0 Å². The Balaban J connectivity index is 1.87. The molecule has 0 radical (unpaired) electrons. The van der Waals surface area contributed by atoms with Crippen molar-refractivity contribution in [2.24, 2.45) is 29.6 Å². The Bertz CT molecular complexity index is 145. The predicted octanol–water partition coefficient (Wildman–Crippen LogP) is 2.30. The van der Waals surface area contributed by atoms with Crippen LogP contribution in [0.5, 0.6) is 0 Å². The van der Waals surface area contributed by atoms with Crippen LogP contribution in [0, 0.1) is 29.6 Å². The standard InChI is InChI=1S/C9H14/c1-5-2-6-3-8(6)9-4-7(5)9/h5-9H,2-4H2,1H3/t5?,6-,7?,8?,9?/m0/s1. The first kappa shape index (κ1) is 4.76. The maximum atomic E-state index is 2.46.